The lowest BCUT2D eigenvalue weighted by molar-refractivity contribution is -0.136. The van der Waals surface area contributed by atoms with E-state index in [-0.39, 0.29) is 31.5 Å². The fourth-order valence-electron chi connectivity index (χ4n) is 3.20. The van der Waals surface area contributed by atoms with Gasteiger partial charge in [-0.05, 0) is 56.9 Å². The van der Waals surface area contributed by atoms with E-state index in [2.05, 4.69) is 10.6 Å². The number of hydrogen-bond donors (Lipinski definition) is 3. The predicted molar refractivity (Wildman–Crippen MR) is 128 cm³/mol. The first kappa shape index (κ1) is 24.9. The minimum atomic E-state index is -0.917. The normalized spacial score (nSPS) is 13.4. The van der Waals surface area contributed by atoms with Gasteiger partial charge in [0.25, 0.3) is 0 Å². The number of para-hydroxylation sites is 2. The number of ether oxygens (including phenoxy) is 3. The summed E-state index contributed by atoms with van der Waals surface area (Å²) in [5, 5.41) is 5.31. The number of nitrogens with two attached hydrogens (primary N) is 1. The molecular formula is C25H31N3O6. The Morgan fingerprint density at radius 3 is 2.56 bits per heavy atom. The van der Waals surface area contributed by atoms with Gasteiger partial charge in [0.05, 0.1) is 24.1 Å². The van der Waals surface area contributed by atoms with E-state index in [0.29, 0.717) is 35.7 Å². The van der Waals surface area contributed by atoms with Crippen LogP contribution in [0.1, 0.15) is 45.4 Å². The maximum Gasteiger partial charge on any atom is 0.407 e. The second-order valence-electron chi connectivity index (χ2n) is 8.01. The number of amides is 2. The summed E-state index contributed by atoms with van der Waals surface area (Å²) >= 11 is 0. The Hall–Kier alpha value is -3.75. The Balaban J connectivity index is 1.50. The van der Waals surface area contributed by atoms with Gasteiger partial charge in [-0.1, -0.05) is 24.6 Å². The van der Waals surface area contributed by atoms with Crippen molar-refractivity contribution in [3.05, 3.63) is 48.5 Å². The van der Waals surface area contributed by atoms with Crippen LogP contribution in [0.4, 0.5) is 16.2 Å². The van der Waals surface area contributed by atoms with Crippen molar-refractivity contribution >= 4 is 29.3 Å². The van der Waals surface area contributed by atoms with Crippen LogP contribution in [0.5, 0.6) is 11.5 Å². The third-order valence-corrected chi connectivity index (χ3v) is 5.08. The van der Waals surface area contributed by atoms with Gasteiger partial charge in [-0.2, -0.15) is 0 Å². The molecule has 182 valence electrons. The quantitative estimate of drug-likeness (QED) is 0.185. The Kier molecular flexibility index (Phi) is 9.13. The van der Waals surface area contributed by atoms with Crippen molar-refractivity contribution in [2.24, 2.45) is 0 Å². The van der Waals surface area contributed by atoms with Crippen LogP contribution in [0.3, 0.4) is 0 Å². The van der Waals surface area contributed by atoms with Crippen molar-refractivity contribution in [2.45, 2.75) is 57.6 Å². The number of nitrogen functional groups attached to an aromatic ring is 1. The van der Waals surface area contributed by atoms with Crippen LogP contribution in [0.15, 0.2) is 48.5 Å². The van der Waals surface area contributed by atoms with Crippen LogP contribution < -0.4 is 25.8 Å². The fourth-order valence-corrected chi connectivity index (χ4v) is 3.20. The summed E-state index contributed by atoms with van der Waals surface area (Å²) in [6, 6.07) is 12.9. The third kappa shape index (κ3) is 8.31. The lowest BCUT2D eigenvalue weighted by atomic mass is 10.1. The number of rotatable bonds is 12. The predicted octanol–water partition coefficient (Wildman–Crippen LogP) is 4.03. The van der Waals surface area contributed by atoms with E-state index >= 15 is 0 Å². The molecule has 1 fully saturated rings. The van der Waals surface area contributed by atoms with Crippen LogP contribution in [0, 0.1) is 0 Å². The molecule has 1 saturated carbocycles. The number of unbranched alkanes of at least 4 members (excludes halogenated alkanes) is 1. The van der Waals surface area contributed by atoms with Gasteiger partial charge in [-0.15, -0.1) is 0 Å². The van der Waals surface area contributed by atoms with E-state index in [0.717, 1.165) is 12.8 Å². The van der Waals surface area contributed by atoms with Gasteiger partial charge in [0.15, 0.2) is 0 Å². The average molecular weight is 470 g/mol. The second-order valence-corrected chi connectivity index (χ2v) is 8.01. The van der Waals surface area contributed by atoms with Gasteiger partial charge >= 0.3 is 12.1 Å². The van der Waals surface area contributed by atoms with Crippen LogP contribution >= 0.6 is 0 Å². The van der Waals surface area contributed by atoms with Crippen LogP contribution in [0.25, 0.3) is 0 Å². The van der Waals surface area contributed by atoms with Crippen LogP contribution in [-0.4, -0.2) is 36.7 Å². The average Bonchev–Trinajstić information content (AvgIpc) is 3.62. The van der Waals surface area contributed by atoms with Crippen molar-refractivity contribution in [1.82, 2.24) is 5.32 Å². The SMILES string of the molecule is CCOC(=O)NC(CCCCC(=O)Nc1ccccc1N)C(=O)Oc1cccc(OC2CC2)c1. The number of hydrogen-bond acceptors (Lipinski definition) is 7. The monoisotopic (exact) mass is 469 g/mol. The standard InChI is InChI=1S/C25H31N3O6/c1-2-32-25(31)28-22(12-5-6-13-23(29)27-21-11-4-3-10-20(21)26)24(30)34-19-9-7-8-18(16-19)33-17-14-15-17/h3-4,7-11,16-17,22H,2,5-6,12-15,26H2,1H3,(H,27,29)(H,28,31). The highest BCUT2D eigenvalue weighted by molar-refractivity contribution is 5.93. The zero-order valence-corrected chi connectivity index (χ0v) is 19.3. The lowest BCUT2D eigenvalue weighted by Gasteiger charge is -2.17. The summed E-state index contributed by atoms with van der Waals surface area (Å²) in [6.07, 6.45) is 3.12. The minimum absolute atomic E-state index is 0.178. The topological polar surface area (TPSA) is 129 Å². The highest BCUT2D eigenvalue weighted by Crippen LogP contribution is 2.29. The Bertz CT molecular complexity index is 992. The molecule has 34 heavy (non-hydrogen) atoms. The molecule has 0 aliphatic heterocycles. The van der Waals surface area contributed by atoms with Crippen LogP contribution in [0.2, 0.25) is 0 Å². The molecule has 0 radical (unpaired) electrons. The smallest absolute Gasteiger partial charge is 0.407 e. The second kappa shape index (κ2) is 12.5. The fraction of sp³-hybridized carbons (Fsp3) is 0.400. The highest BCUT2D eigenvalue weighted by atomic mass is 16.6. The van der Waals surface area contributed by atoms with Crippen molar-refractivity contribution in [3.63, 3.8) is 0 Å². The Labute approximate surface area is 198 Å². The summed E-state index contributed by atoms with van der Waals surface area (Å²) in [5.74, 6) is 0.174. The zero-order valence-electron chi connectivity index (χ0n) is 19.3. The molecule has 2 aromatic rings. The van der Waals surface area contributed by atoms with E-state index in [1.165, 1.54) is 0 Å². The van der Waals surface area contributed by atoms with Gasteiger partial charge in [0.2, 0.25) is 5.91 Å². The first-order valence-electron chi connectivity index (χ1n) is 11.5. The maximum absolute atomic E-state index is 12.8. The molecule has 4 N–H and O–H groups in total. The van der Waals surface area contributed by atoms with E-state index in [9.17, 15) is 14.4 Å². The molecule has 0 saturated heterocycles. The number of alkyl carbamates (subject to hydrolysis) is 1. The van der Waals surface area contributed by atoms with Gasteiger partial charge in [-0.25, -0.2) is 9.59 Å². The summed E-state index contributed by atoms with van der Waals surface area (Å²) < 4.78 is 16.1. The molecule has 3 rings (SSSR count). The van der Waals surface area contributed by atoms with Gasteiger partial charge in [0.1, 0.15) is 17.5 Å². The van der Waals surface area contributed by atoms with Crippen molar-refractivity contribution in [2.75, 3.05) is 17.7 Å². The maximum atomic E-state index is 12.8. The first-order chi connectivity index (χ1) is 16.4. The molecule has 2 amide bonds. The molecular weight excluding hydrogens is 438 g/mol. The number of esters is 1. The molecule has 0 heterocycles. The molecule has 2 aromatic carbocycles. The van der Waals surface area contributed by atoms with Gasteiger partial charge < -0.3 is 30.6 Å². The van der Waals surface area contributed by atoms with E-state index in [4.69, 9.17) is 19.9 Å². The summed E-state index contributed by atoms with van der Waals surface area (Å²) in [6.45, 7) is 1.85. The molecule has 9 nitrogen and oxygen atoms in total. The molecule has 0 bridgehead atoms. The molecule has 1 aliphatic rings. The molecule has 0 spiro atoms. The molecule has 1 unspecified atom stereocenters. The van der Waals surface area contributed by atoms with Crippen molar-refractivity contribution in [1.29, 1.82) is 0 Å². The largest absolute Gasteiger partial charge is 0.490 e. The van der Waals surface area contributed by atoms with E-state index < -0.39 is 18.1 Å². The zero-order chi connectivity index (χ0) is 24.3. The number of anilines is 2. The summed E-state index contributed by atoms with van der Waals surface area (Å²) in [4.78, 5) is 36.9. The molecule has 9 heteroatoms. The van der Waals surface area contributed by atoms with Gasteiger partial charge in [0, 0.05) is 12.5 Å². The van der Waals surface area contributed by atoms with E-state index in [1.807, 2.05) is 0 Å². The Morgan fingerprint density at radius 1 is 1.06 bits per heavy atom. The summed E-state index contributed by atoms with van der Waals surface area (Å²) in [7, 11) is 0. The molecule has 1 aliphatic carbocycles. The Morgan fingerprint density at radius 2 is 1.82 bits per heavy atom. The lowest BCUT2D eigenvalue weighted by Crippen LogP contribution is -2.43. The van der Waals surface area contributed by atoms with Crippen molar-refractivity contribution < 1.29 is 28.6 Å². The number of nitrogens with one attached hydrogen (secondary N) is 2. The van der Waals surface area contributed by atoms with E-state index in [1.54, 1.807) is 55.5 Å². The number of carbonyl (C=O) groups is 3. The minimum Gasteiger partial charge on any atom is -0.490 e. The number of carbonyl (C=O) groups excluding carboxylic acids is 3. The van der Waals surface area contributed by atoms with Gasteiger partial charge in [-0.3, -0.25) is 4.79 Å². The molecule has 0 aromatic heterocycles. The summed E-state index contributed by atoms with van der Waals surface area (Å²) in [5.41, 5.74) is 6.89. The number of benzene rings is 2. The highest BCUT2D eigenvalue weighted by Gasteiger charge is 2.25. The third-order valence-electron chi connectivity index (χ3n) is 5.08. The molecule has 1 atom stereocenters. The van der Waals surface area contributed by atoms with Crippen molar-refractivity contribution in [3.8, 4) is 11.5 Å². The van der Waals surface area contributed by atoms with Crippen LogP contribution in [-0.2, 0) is 14.3 Å². The first-order valence-corrected chi connectivity index (χ1v) is 11.5.